The van der Waals surface area contributed by atoms with E-state index >= 15 is 0 Å². The molecule has 0 aliphatic heterocycles. The zero-order valence-electron chi connectivity index (χ0n) is 12.1. The van der Waals surface area contributed by atoms with Crippen molar-refractivity contribution in [1.29, 1.82) is 0 Å². The van der Waals surface area contributed by atoms with Gasteiger partial charge in [0.1, 0.15) is 0 Å². The van der Waals surface area contributed by atoms with Crippen LogP contribution in [0, 0.1) is 10.1 Å². The predicted octanol–water partition coefficient (Wildman–Crippen LogP) is 1.03. The fourth-order valence-electron chi connectivity index (χ4n) is 1.82. The highest BCUT2D eigenvalue weighted by Crippen LogP contribution is 2.29. The van der Waals surface area contributed by atoms with Crippen LogP contribution in [0.3, 0.4) is 0 Å². The lowest BCUT2D eigenvalue weighted by Crippen LogP contribution is -2.33. The van der Waals surface area contributed by atoms with Crippen LogP contribution in [0.2, 0.25) is 0 Å². The Hall–Kier alpha value is -1.71. The largest absolute Gasteiger partial charge is 0.392 e. The molecule has 0 amide bonds. The average molecular weight is 317 g/mol. The molecule has 1 rings (SSSR count). The van der Waals surface area contributed by atoms with Crippen LogP contribution < -0.4 is 5.32 Å². The zero-order chi connectivity index (χ0) is 16.2. The highest BCUT2D eigenvalue weighted by molar-refractivity contribution is 7.89. The smallest absolute Gasteiger partial charge is 0.289 e. The number of hydrogen-bond donors (Lipinski definition) is 2. The summed E-state index contributed by atoms with van der Waals surface area (Å²) in [4.78, 5) is 9.90. The van der Waals surface area contributed by atoms with E-state index in [1.807, 2.05) is 6.92 Å². The summed E-state index contributed by atoms with van der Waals surface area (Å²) in [5.74, 6) is 0. The van der Waals surface area contributed by atoms with E-state index < -0.39 is 31.6 Å². The second-order valence-electron chi connectivity index (χ2n) is 4.60. The Bertz CT molecular complexity index is 615. The van der Waals surface area contributed by atoms with Crippen LogP contribution in [0.25, 0.3) is 0 Å². The molecule has 1 atom stereocenters. The number of nitrogens with zero attached hydrogens (tertiary/aromatic N) is 2. The van der Waals surface area contributed by atoms with Gasteiger partial charge in [-0.3, -0.25) is 10.1 Å². The van der Waals surface area contributed by atoms with Gasteiger partial charge in [0.05, 0.1) is 11.0 Å². The monoisotopic (exact) mass is 317 g/mol. The second kappa shape index (κ2) is 6.83. The Labute approximate surface area is 123 Å². The van der Waals surface area contributed by atoms with Gasteiger partial charge in [-0.25, -0.2) is 8.42 Å². The van der Waals surface area contributed by atoms with Crippen LogP contribution in [0.1, 0.15) is 13.8 Å². The summed E-state index contributed by atoms with van der Waals surface area (Å²) in [5, 5.41) is 23.2. The molecule has 8 nitrogen and oxygen atoms in total. The van der Waals surface area contributed by atoms with Crippen LogP contribution in [-0.2, 0) is 10.0 Å². The Morgan fingerprint density at radius 1 is 1.48 bits per heavy atom. The first-order chi connectivity index (χ1) is 9.70. The number of nitro groups is 1. The van der Waals surface area contributed by atoms with Gasteiger partial charge in [0.25, 0.3) is 5.69 Å². The quantitative estimate of drug-likeness (QED) is 0.573. The van der Waals surface area contributed by atoms with Crippen LogP contribution in [0.15, 0.2) is 23.1 Å². The molecule has 0 aliphatic rings. The van der Waals surface area contributed by atoms with E-state index in [0.29, 0.717) is 12.2 Å². The minimum absolute atomic E-state index is 0.148. The number of benzene rings is 1. The predicted molar refractivity (Wildman–Crippen MR) is 78.8 cm³/mol. The molecule has 0 spiro atoms. The zero-order valence-corrected chi connectivity index (χ0v) is 12.9. The Morgan fingerprint density at radius 3 is 2.57 bits per heavy atom. The maximum absolute atomic E-state index is 12.4. The number of aliphatic hydroxyl groups is 1. The van der Waals surface area contributed by atoms with Gasteiger partial charge in [0.15, 0.2) is 4.90 Å². The van der Waals surface area contributed by atoms with Gasteiger partial charge < -0.3 is 10.4 Å². The number of nitro benzene ring substituents is 1. The summed E-state index contributed by atoms with van der Waals surface area (Å²) >= 11 is 0. The number of hydrogen-bond acceptors (Lipinski definition) is 6. The first-order valence-corrected chi connectivity index (χ1v) is 7.80. The lowest BCUT2D eigenvalue weighted by atomic mass is 10.3. The molecular weight excluding hydrogens is 298 g/mol. The number of sulfonamides is 1. The first kappa shape index (κ1) is 17.3. The fourth-order valence-corrected chi connectivity index (χ4v) is 3.25. The van der Waals surface area contributed by atoms with Crippen LogP contribution in [0.5, 0.6) is 0 Å². The SMILES string of the molecule is CCNc1ccc([N+](=O)[O-])c(S(=O)(=O)N(C)CC(C)O)c1. The van der Waals surface area contributed by atoms with E-state index in [4.69, 9.17) is 0 Å². The van der Waals surface area contributed by atoms with Crippen molar-refractivity contribution in [3.05, 3.63) is 28.3 Å². The molecule has 0 heterocycles. The van der Waals surface area contributed by atoms with E-state index in [9.17, 15) is 23.6 Å². The number of likely N-dealkylation sites (N-methyl/N-ethyl adjacent to an activating group) is 1. The lowest BCUT2D eigenvalue weighted by Gasteiger charge is -2.19. The molecule has 0 saturated carbocycles. The molecule has 0 aliphatic carbocycles. The van der Waals surface area contributed by atoms with Crippen molar-refractivity contribution in [3.8, 4) is 0 Å². The number of anilines is 1. The summed E-state index contributed by atoms with van der Waals surface area (Å²) < 4.78 is 25.8. The standard InChI is InChI=1S/C12H19N3O5S/c1-4-13-10-5-6-11(15(17)18)12(7-10)21(19,20)14(3)8-9(2)16/h5-7,9,13,16H,4,8H2,1-3H3. The molecule has 118 valence electrons. The summed E-state index contributed by atoms with van der Waals surface area (Å²) in [5.41, 5.74) is -0.0128. The van der Waals surface area contributed by atoms with E-state index in [0.717, 1.165) is 10.4 Å². The summed E-state index contributed by atoms with van der Waals surface area (Å²) in [6, 6.07) is 3.84. The molecular formula is C12H19N3O5S. The van der Waals surface area contributed by atoms with Gasteiger partial charge in [0, 0.05) is 31.9 Å². The van der Waals surface area contributed by atoms with Crippen molar-refractivity contribution < 1.29 is 18.4 Å². The summed E-state index contributed by atoms with van der Waals surface area (Å²) in [7, 11) is -2.79. The Kier molecular flexibility index (Phi) is 5.64. The third-order valence-corrected chi connectivity index (χ3v) is 4.60. The normalized spacial score (nSPS) is 13.2. The van der Waals surface area contributed by atoms with Gasteiger partial charge >= 0.3 is 0 Å². The summed E-state index contributed by atoms with van der Waals surface area (Å²) in [6.45, 7) is 3.68. The molecule has 9 heteroatoms. The van der Waals surface area contributed by atoms with Gasteiger partial charge in [-0.05, 0) is 26.0 Å². The van der Waals surface area contributed by atoms with Crippen molar-refractivity contribution in [1.82, 2.24) is 4.31 Å². The molecule has 0 fully saturated rings. The van der Waals surface area contributed by atoms with Crippen LogP contribution >= 0.6 is 0 Å². The number of aliphatic hydroxyl groups excluding tert-OH is 1. The molecule has 1 unspecified atom stereocenters. The van der Waals surface area contributed by atoms with Crippen molar-refractivity contribution in [2.45, 2.75) is 24.8 Å². The first-order valence-electron chi connectivity index (χ1n) is 6.36. The molecule has 2 N–H and O–H groups in total. The van der Waals surface area contributed by atoms with E-state index in [2.05, 4.69) is 5.32 Å². The van der Waals surface area contributed by atoms with Crippen molar-refractivity contribution in [3.63, 3.8) is 0 Å². The average Bonchev–Trinajstić information content (AvgIpc) is 2.37. The third kappa shape index (κ3) is 4.13. The minimum atomic E-state index is -4.06. The van der Waals surface area contributed by atoms with Gasteiger partial charge in [0.2, 0.25) is 10.0 Å². The van der Waals surface area contributed by atoms with Crippen molar-refractivity contribution in [2.75, 3.05) is 25.5 Å². The number of nitrogens with one attached hydrogen (secondary N) is 1. The second-order valence-corrected chi connectivity index (χ2v) is 6.62. The summed E-state index contributed by atoms with van der Waals surface area (Å²) in [6.07, 6.45) is -0.874. The minimum Gasteiger partial charge on any atom is -0.392 e. The highest BCUT2D eigenvalue weighted by Gasteiger charge is 2.30. The molecule has 0 bridgehead atoms. The van der Waals surface area contributed by atoms with Crippen molar-refractivity contribution >= 4 is 21.4 Å². The third-order valence-electron chi connectivity index (χ3n) is 2.75. The van der Waals surface area contributed by atoms with Crippen LogP contribution in [0.4, 0.5) is 11.4 Å². The van der Waals surface area contributed by atoms with Crippen LogP contribution in [-0.4, -0.2) is 49.0 Å². The fraction of sp³-hybridized carbons (Fsp3) is 0.500. The van der Waals surface area contributed by atoms with E-state index in [-0.39, 0.29) is 6.54 Å². The lowest BCUT2D eigenvalue weighted by molar-refractivity contribution is -0.387. The number of rotatable bonds is 7. The Morgan fingerprint density at radius 2 is 2.10 bits per heavy atom. The van der Waals surface area contributed by atoms with Gasteiger partial charge in [-0.1, -0.05) is 0 Å². The van der Waals surface area contributed by atoms with Crippen molar-refractivity contribution in [2.24, 2.45) is 0 Å². The van der Waals surface area contributed by atoms with E-state index in [1.54, 1.807) is 0 Å². The topological polar surface area (TPSA) is 113 Å². The highest BCUT2D eigenvalue weighted by atomic mass is 32.2. The van der Waals surface area contributed by atoms with Gasteiger partial charge in [-0.15, -0.1) is 0 Å². The molecule has 1 aromatic rings. The molecule has 0 aromatic heterocycles. The molecule has 21 heavy (non-hydrogen) atoms. The maximum atomic E-state index is 12.4. The maximum Gasteiger partial charge on any atom is 0.289 e. The van der Waals surface area contributed by atoms with E-state index in [1.165, 1.54) is 26.1 Å². The molecule has 0 saturated heterocycles. The molecule has 0 radical (unpaired) electrons. The Balaban J connectivity index is 3.36. The van der Waals surface area contributed by atoms with Gasteiger partial charge in [-0.2, -0.15) is 4.31 Å². The molecule has 1 aromatic carbocycles.